The van der Waals surface area contributed by atoms with Crippen LogP contribution in [0.15, 0.2) is 0 Å². The molecule has 1 aliphatic rings. The topological polar surface area (TPSA) is 90.8 Å². The summed E-state index contributed by atoms with van der Waals surface area (Å²) in [5, 5.41) is 9.49. The number of piperazine rings is 1. The number of nitrogens with zero attached hydrogens (tertiary/aromatic N) is 3. The van der Waals surface area contributed by atoms with Crippen LogP contribution in [0.1, 0.15) is 20.4 Å². The highest BCUT2D eigenvalue weighted by atomic mass is 32.1. The fraction of sp³-hybridized carbons (Fsp3) is 0.500. The average molecular weight is 297 g/mol. The van der Waals surface area contributed by atoms with E-state index in [1.165, 1.54) is 16.2 Å². The van der Waals surface area contributed by atoms with Gasteiger partial charge in [0.2, 0.25) is 0 Å². The maximum absolute atomic E-state index is 12.3. The molecule has 20 heavy (non-hydrogen) atoms. The zero-order valence-electron chi connectivity index (χ0n) is 11.3. The minimum absolute atomic E-state index is 0.101. The first kappa shape index (κ1) is 14.4. The van der Waals surface area contributed by atoms with Gasteiger partial charge < -0.3 is 14.9 Å². The molecule has 0 bridgehead atoms. The molecular weight excluding hydrogens is 282 g/mol. The molecule has 2 heterocycles. The Kier molecular flexibility index (Phi) is 4.03. The Hall–Kier alpha value is -1.96. The van der Waals surface area contributed by atoms with E-state index in [1.807, 2.05) is 6.92 Å². The third-order valence-corrected chi connectivity index (χ3v) is 4.20. The molecule has 2 rings (SSSR count). The Balaban J connectivity index is 2.00. The van der Waals surface area contributed by atoms with Gasteiger partial charge in [0, 0.05) is 26.2 Å². The highest BCUT2D eigenvalue weighted by Gasteiger charge is 2.29. The molecular formula is C12H15N3O4S. The molecule has 1 aromatic rings. The normalized spacial score (nSPS) is 15.3. The Morgan fingerprint density at radius 3 is 2.10 bits per heavy atom. The van der Waals surface area contributed by atoms with E-state index < -0.39 is 11.9 Å². The number of amides is 2. The molecule has 1 saturated heterocycles. The molecule has 0 atom stereocenters. The van der Waals surface area contributed by atoms with Crippen LogP contribution in [-0.2, 0) is 9.59 Å². The third-order valence-electron chi connectivity index (χ3n) is 3.13. The van der Waals surface area contributed by atoms with Crippen LogP contribution >= 0.6 is 11.3 Å². The molecule has 0 aliphatic carbocycles. The molecule has 1 aromatic heterocycles. The zero-order chi connectivity index (χ0) is 14.9. The molecule has 2 amide bonds. The summed E-state index contributed by atoms with van der Waals surface area (Å²) in [6, 6.07) is 0. The lowest BCUT2D eigenvalue weighted by molar-refractivity contribution is -0.156. The van der Waals surface area contributed by atoms with Crippen molar-refractivity contribution in [3.8, 4) is 0 Å². The van der Waals surface area contributed by atoms with Crippen molar-refractivity contribution >= 4 is 29.1 Å². The van der Waals surface area contributed by atoms with Crippen LogP contribution in [0.4, 0.5) is 0 Å². The Labute approximate surface area is 119 Å². The summed E-state index contributed by atoms with van der Waals surface area (Å²) in [5.74, 6) is -2.48. The van der Waals surface area contributed by atoms with Gasteiger partial charge in [0.1, 0.15) is 4.88 Å². The van der Waals surface area contributed by atoms with Crippen molar-refractivity contribution in [3.05, 3.63) is 15.6 Å². The molecule has 0 unspecified atom stereocenters. The lowest BCUT2D eigenvalue weighted by Crippen LogP contribution is -2.52. The van der Waals surface area contributed by atoms with Gasteiger partial charge in [-0.1, -0.05) is 0 Å². The van der Waals surface area contributed by atoms with Crippen LogP contribution in [0, 0.1) is 13.8 Å². The van der Waals surface area contributed by atoms with Gasteiger partial charge in [-0.05, 0) is 13.8 Å². The average Bonchev–Trinajstić information content (AvgIpc) is 2.76. The molecule has 0 aromatic carbocycles. The van der Waals surface area contributed by atoms with Crippen molar-refractivity contribution in [1.29, 1.82) is 0 Å². The smallest absolute Gasteiger partial charge is 0.394 e. The second kappa shape index (κ2) is 5.58. The van der Waals surface area contributed by atoms with Crippen LogP contribution in [0.5, 0.6) is 0 Å². The Bertz CT molecular complexity index is 561. The van der Waals surface area contributed by atoms with Gasteiger partial charge in [0.05, 0.1) is 10.7 Å². The van der Waals surface area contributed by atoms with E-state index >= 15 is 0 Å². The number of hydrogen-bond donors (Lipinski definition) is 1. The van der Waals surface area contributed by atoms with Crippen molar-refractivity contribution in [2.24, 2.45) is 0 Å². The first-order valence-electron chi connectivity index (χ1n) is 6.15. The number of aromatic nitrogens is 1. The molecule has 0 saturated carbocycles. The van der Waals surface area contributed by atoms with E-state index in [0.717, 1.165) is 5.01 Å². The van der Waals surface area contributed by atoms with Crippen molar-refractivity contribution in [3.63, 3.8) is 0 Å². The van der Waals surface area contributed by atoms with Gasteiger partial charge in [0.15, 0.2) is 0 Å². The molecule has 1 aliphatic heterocycles. The molecule has 1 N–H and O–H groups in total. The van der Waals surface area contributed by atoms with Crippen molar-refractivity contribution in [1.82, 2.24) is 14.8 Å². The summed E-state index contributed by atoms with van der Waals surface area (Å²) < 4.78 is 0. The fourth-order valence-electron chi connectivity index (χ4n) is 2.12. The van der Waals surface area contributed by atoms with Gasteiger partial charge in [-0.2, -0.15) is 0 Å². The number of carboxylic acid groups (broad SMARTS) is 1. The van der Waals surface area contributed by atoms with Crippen LogP contribution in [0.25, 0.3) is 0 Å². The van der Waals surface area contributed by atoms with Gasteiger partial charge in [-0.3, -0.25) is 9.59 Å². The lowest BCUT2D eigenvalue weighted by atomic mass is 10.2. The maximum Gasteiger partial charge on any atom is 0.394 e. The van der Waals surface area contributed by atoms with E-state index in [4.69, 9.17) is 5.11 Å². The molecule has 0 radical (unpaired) electrons. The fourth-order valence-corrected chi connectivity index (χ4v) is 3.01. The number of thiazole rings is 1. The lowest BCUT2D eigenvalue weighted by Gasteiger charge is -2.33. The van der Waals surface area contributed by atoms with Crippen molar-refractivity contribution in [2.75, 3.05) is 26.2 Å². The molecule has 8 heteroatoms. The van der Waals surface area contributed by atoms with Crippen molar-refractivity contribution < 1.29 is 19.5 Å². The van der Waals surface area contributed by atoms with Gasteiger partial charge >= 0.3 is 11.9 Å². The second-order valence-corrected chi connectivity index (χ2v) is 5.74. The summed E-state index contributed by atoms with van der Waals surface area (Å²) in [6.45, 7) is 4.81. The third kappa shape index (κ3) is 2.79. The number of rotatable bonds is 1. The van der Waals surface area contributed by atoms with Crippen LogP contribution in [-0.4, -0.2) is 63.9 Å². The van der Waals surface area contributed by atoms with Crippen molar-refractivity contribution in [2.45, 2.75) is 13.8 Å². The van der Waals surface area contributed by atoms with Gasteiger partial charge in [-0.15, -0.1) is 11.3 Å². The molecule has 0 spiro atoms. The second-order valence-electron chi connectivity index (χ2n) is 4.54. The highest BCUT2D eigenvalue weighted by Crippen LogP contribution is 2.20. The number of aryl methyl sites for hydroxylation is 2. The first-order valence-corrected chi connectivity index (χ1v) is 6.97. The molecule has 1 fully saturated rings. The van der Waals surface area contributed by atoms with E-state index in [9.17, 15) is 14.4 Å². The largest absolute Gasteiger partial charge is 0.474 e. The summed E-state index contributed by atoms with van der Waals surface area (Å²) in [4.78, 5) is 42.0. The minimum Gasteiger partial charge on any atom is -0.474 e. The first-order chi connectivity index (χ1) is 9.40. The van der Waals surface area contributed by atoms with Gasteiger partial charge in [-0.25, -0.2) is 9.78 Å². The van der Waals surface area contributed by atoms with Crippen LogP contribution in [0.3, 0.4) is 0 Å². The summed E-state index contributed by atoms with van der Waals surface area (Å²) >= 11 is 1.35. The Morgan fingerprint density at radius 1 is 1.10 bits per heavy atom. The summed E-state index contributed by atoms with van der Waals surface area (Å²) in [6.07, 6.45) is 0. The number of carboxylic acids is 1. The number of hydrogen-bond acceptors (Lipinski definition) is 5. The number of aliphatic carboxylic acids is 1. The number of carbonyl (C=O) groups excluding carboxylic acids is 2. The quantitative estimate of drug-likeness (QED) is 0.744. The Morgan fingerprint density at radius 2 is 1.65 bits per heavy atom. The zero-order valence-corrected chi connectivity index (χ0v) is 12.1. The number of carbonyl (C=O) groups is 3. The van der Waals surface area contributed by atoms with E-state index in [0.29, 0.717) is 23.7 Å². The van der Waals surface area contributed by atoms with E-state index in [1.54, 1.807) is 11.8 Å². The molecule has 7 nitrogen and oxygen atoms in total. The molecule has 108 valence electrons. The van der Waals surface area contributed by atoms with Gasteiger partial charge in [0.25, 0.3) is 5.91 Å². The highest BCUT2D eigenvalue weighted by molar-refractivity contribution is 7.13. The van der Waals surface area contributed by atoms with Crippen LogP contribution in [0.2, 0.25) is 0 Å². The predicted molar refractivity (Wildman–Crippen MR) is 71.7 cm³/mol. The monoisotopic (exact) mass is 297 g/mol. The van der Waals surface area contributed by atoms with Crippen LogP contribution < -0.4 is 0 Å². The minimum atomic E-state index is -1.46. The maximum atomic E-state index is 12.3. The standard InChI is InChI=1S/C12H15N3O4S/c1-7-9(20-8(2)13-7)10(16)14-3-5-15(6-4-14)11(17)12(18)19/h3-6H2,1-2H3,(H,18,19). The SMILES string of the molecule is Cc1nc(C)c(C(=O)N2CCN(C(=O)C(=O)O)CC2)s1. The van der Waals surface area contributed by atoms with E-state index in [2.05, 4.69) is 4.98 Å². The summed E-state index contributed by atoms with van der Waals surface area (Å²) in [7, 11) is 0. The summed E-state index contributed by atoms with van der Waals surface area (Å²) in [5.41, 5.74) is 0.710. The predicted octanol–water partition coefficient (Wildman–Crippen LogP) is 0.129. The van der Waals surface area contributed by atoms with E-state index in [-0.39, 0.29) is 19.0 Å².